The van der Waals surface area contributed by atoms with Gasteiger partial charge < -0.3 is 10.4 Å². The number of amides is 1. The van der Waals surface area contributed by atoms with E-state index in [0.29, 0.717) is 37.6 Å². The molecule has 1 saturated heterocycles. The largest absolute Gasteiger partial charge is 0.507 e. The lowest BCUT2D eigenvalue weighted by molar-refractivity contribution is -0.122. The lowest BCUT2D eigenvalue weighted by Gasteiger charge is -2.31. The van der Waals surface area contributed by atoms with Crippen molar-refractivity contribution < 1.29 is 9.90 Å². The molecule has 1 aliphatic heterocycles. The van der Waals surface area contributed by atoms with E-state index >= 15 is 0 Å². The smallest absolute Gasteiger partial charge is 0.234 e. The van der Waals surface area contributed by atoms with Gasteiger partial charge in [0.25, 0.3) is 0 Å². The predicted octanol–water partition coefficient (Wildman–Crippen LogP) is 3.73. The van der Waals surface area contributed by atoms with Crippen LogP contribution in [0.4, 0.5) is 0 Å². The molecule has 0 radical (unpaired) electrons. The molecule has 0 aliphatic carbocycles. The third-order valence-electron chi connectivity index (χ3n) is 5.73. The van der Waals surface area contributed by atoms with Crippen LogP contribution < -0.4 is 5.32 Å². The Labute approximate surface area is 174 Å². The summed E-state index contributed by atoms with van der Waals surface area (Å²) in [6.45, 7) is 6.68. The highest BCUT2D eigenvalue weighted by Crippen LogP contribution is 2.23. The number of hydrogen-bond donors (Lipinski definition) is 2. The van der Waals surface area contributed by atoms with E-state index in [9.17, 15) is 9.90 Å². The topological polar surface area (TPSA) is 52.6 Å². The third kappa shape index (κ3) is 6.47. The van der Waals surface area contributed by atoms with E-state index in [-0.39, 0.29) is 5.91 Å². The van der Waals surface area contributed by atoms with Gasteiger partial charge >= 0.3 is 0 Å². The molecule has 0 bridgehead atoms. The van der Waals surface area contributed by atoms with Gasteiger partial charge in [-0.15, -0.1) is 6.58 Å². The average Bonchev–Trinajstić information content (AvgIpc) is 2.73. The number of carbonyl (C=O) groups excluding carboxylic acids is 1. The molecule has 154 valence electrons. The second-order valence-corrected chi connectivity index (χ2v) is 7.93. The van der Waals surface area contributed by atoms with Crippen LogP contribution in [0.2, 0.25) is 0 Å². The highest BCUT2D eigenvalue weighted by atomic mass is 16.3. The van der Waals surface area contributed by atoms with Crippen molar-refractivity contribution in [1.82, 2.24) is 10.2 Å². The number of benzene rings is 2. The summed E-state index contributed by atoms with van der Waals surface area (Å²) in [6.07, 6.45) is 6.48. The molecule has 2 aromatic carbocycles. The molecule has 0 aromatic heterocycles. The first-order chi connectivity index (χ1) is 14.2. The van der Waals surface area contributed by atoms with Crippen molar-refractivity contribution in [3.63, 3.8) is 0 Å². The van der Waals surface area contributed by atoms with Crippen LogP contribution in [0.25, 0.3) is 0 Å². The summed E-state index contributed by atoms with van der Waals surface area (Å²) in [7, 11) is 0. The number of para-hydroxylation sites is 1. The summed E-state index contributed by atoms with van der Waals surface area (Å²) < 4.78 is 0. The van der Waals surface area contributed by atoms with Crippen LogP contribution in [0, 0.1) is 5.92 Å². The van der Waals surface area contributed by atoms with Gasteiger partial charge in [0.2, 0.25) is 5.91 Å². The van der Waals surface area contributed by atoms with E-state index in [0.717, 1.165) is 43.5 Å². The zero-order valence-electron chi connectivity index (χ0n) is 17.1. The van der Waals surface area contributed by atoms with Crippen LogP contribution in [0.1, 0.15) is 29.5 Å². The number of piperidine rings is 1. The van der Waals surface area contributed by atoms with Crippen molar-refractivity contribution in [2.75, 3.05) is 26.2 Å². The van der Waals surface area contributed by atoms with Crippen LogP contribution in [-0.4, -0.2) is 42.1 Å². The van der Waals surface area contributed by atoms with Gasteiger partial charge in [-0.1, -0.05) is 54.6 Å². The summed E-state index contributed by atoms with van der Waals surface area (Å²) >= 11 is 0. The Hall–Kier alpha value is -2.59. The maximum Gasteiger partial charge on any atom is 0.234 e. The molecule has 1 aliphatic rings. The number of allylic oxidation sites excluding steroid dienone is 1. The fraction of sp³-hybridized carbons (Fsp3) is 0.400. The average molecular weight is 393 g/mol. The van der Waals surface area contributed by atoms with E-state index in [4.69, 9.17) is 0 Å². The number of likely N-dealkylation sites (tertiary alicyclic amines) is 1. The van der Waals surface area contributed by atoms with Crippen molar-refractivity contribution in [1.29, 1.82) is 0 Å². The van der Waals surface area contributed by atoms with Crippen LogP contribution in [0.5, 0.6) is 5.75 Å². The molecular formula is C25H32N2O2. The van der Waals surface area contributed by atoms with Gasteiger partial charge in [0.1, 0.15) is 5.75 Å². The zero-order chi connectivity index (χ0) is 20.5. The summed E-state index contributed by atoms with van der Waals surface area (Å²) in [5.41, 5.74) is 3.15. The van der Waals surface area contributed by atoms with Gasteiger partial charge in [0, 0.05) is 6.54 Å². The molecule has 0 atom stereocenters. The SMILES string of the molecule is C=CCc1cccc(CCNC(=O)CN2CCC(Cc3ccccc3)CC2)c1O. The van der Waals surface area contributed by atoms with Crippen LogP contribution in [-0.2, 0) is 24.1 Å². The molecule has 4 heteroatoms. The van der Waals surface area contributed by atoms with Gasteiger partial charge in [0.15, 0.2) is 0 Å². The molecule has 1 fully saturated rings. The van der Waals surface area contributed by atoms with Crippen molar-refractivity contribution >= 4 is 5.91 Å². The monoisotopic (exact) mass is 392 g/mol. The Morgan fingerprint density at radius 3 is 2.55 bits per heavy atom. The number of carbonyl (C=O) groups is 1. The summed E-state index contributed by atoms with van der Waals surface area (Å²) in [5.74, 6) is 1.10. The van der Waals surface area contributed by atoms with Gasteiger partial charge in [-0.25, -0.2) is 0 Å². The highest BCUT2D eigenvalue weighted by Gasteiger charge is 2.21. The van der Waals surface area contributed by atoms with Crippen molar-refractivity contribution in [2.45, 2.75) is 32.1 Å². The molecule has 1 amide bonds. The van der Waals surface area contributed by atoms with E-state index < -0.39 is 0 Å². The van der Waals surface area contributed by atoms with Crippen molar-refractivity contribution in [3.8, 4) is 5.75 Å². The quantitative estimate of drug-likeness (QED) is 0.639. The molecule has 3 rings (SSSR count). The Kier molecular flexibility index (Phi) is 7.88. The maximum absolute atomic E-state index is 12.3. The van der Waals surface area contributed by atoms with Gasteiger partial charge in [0.05, 0.1) is 6.54 Å². The van der Waals surface area contributed by atoms with E-state index in [1.807, 2.05) is 18.2 Å². The first kappa shape index (κ1) is 21.1. The van der Waals surface area contributed by atoms with E-state index in [1.165, 1.54) is 5.56 Å². The summed E-state index contributed by atoms with van der Waals surface area (Å²) in [6, 6.07) is 16.4. The number of rotatable bonds is 9. The lowest BCUT2D eigenvalue weighted by atomic mass is 9.90. The molecule has 4 nitrogen and oxygen atoms in total. The minimum absolute atomic E-state index is 0.0632. The fourth-order valence-corrected chi connectivity index (χ4v) is 4.06. The molecule has 1 heterocycles. The Balaban J connectivity index is 1.36. The predicted molar refractivity (Wildman–Crippen MR) is 118 cm³/mol. The zero-order valence-corrected chi connectivity index (χ0v) is 17.1. The minimum atomic E-state index is 0.0632. The Bertz CT molecular complexity index is 796. The summed E-state index contributed by atoms with van der Waals surface area (Å²) in [4.78, 5) is 14.5. The van der Waals surface area contributed by atoms with Gasteiger partial charge in [-0.05, 0) is 67.8 Å². The van der Waals surface area contributed by atoms with Crippen molar-refractivity contribution in [3.05, 3.63) is 77.9 Å². The highest BCUT2D eigenvalue weighted by molar-refractivity contribution is 5.78. The van der Waals surface area contributed by atoms with Gasteiger partial charge in [-0.2, -0.15) is 0 Å². The van der Waals surface area contributed by atoms with Crippen molar-refractivity contribution in [2.24, 2.45) is 5.92 Å². The molecule has 0 saturated carbocycles. The molecular weight excluding hydrogens is 360 g/mol. The molecule has 0 unspecified atom stereocenters. The number of nitrogens with zero attached hydrogens (tertiary/aromatic N) is 1. The first-order valence-corrected chi connectivity index (χ1v) is 10.6. The number of aromatic hydroxyl groups is 1. The fourth-order valence-electron chi connectivity index (χ4n) is 4.06. The third-order valence-corrected chi connectivity index (χ3v) is 5.73. The Morgan fingerprint density at radius 2 is 1.83 bits per heavy atom. The number of hydrogen-bond acceptors (Lipinski definition) is 3. The van der Waals surface area contributed by atoms with Crippen LogP contribution >= 0.6 is 0 Å². The minimum Gasteiger partial charge on any atom is -0.507 e. The van der Waals surface area contributed by atoms with Gasteiger partial charge in [-0.3, -0.25) is 9.69 Å². The Morgan fingerprint density at radius 1 is 1.10 bits per heavy atom. The molecule has 29 heavy (non-hydrogen) atoms. The van der Waals surface area contributed by atoms with Crippen LogP contribution in [0.3, 0.4) is 0 Å². The second kappa shape index (κ2) is 10.8. The molecule has 0 spiro atoms. The van der Waals surface area contributed by atoms with Crippen LogP contribution in [0.15, 0.2) is 61.2 Å². The summed E-state index contributed by atoms with van der Waals surface area (Å²) in [5, 5.41) is 13.3. The molecule has 2 aromatic rings. The second-order valence-electron chi connectivity index (χ2n) is 7.93. The molecule has 2 N–H and O–H groups in total. The first-order valence-electron chi connectivity index (χ1n) is 10.6. The number of phenols is 1. The van der Waals surface area contributed by atoms with E-state index in [2.05, 4.69) is 47.1 Å². The number of nitrogens with one attached hydrogen (secondary N) is 1. The maximum atomic E-state index is 12.3. The standard InChI is InChI=1S/C25H32N2O2/c1-2-7-22-10-6-11-23(25(22)29)12-15-26-24(28)19-27-16-13-21(14-17-27)18-20-8-4-3-5-9-20/h2-6,8-11,21,29H,1,7,12-19H2,(H,26,28). The number of phenolic OH excluding ortho intramolecular Hbond substituents is 1. The normalized spacial score (nSPS) is 15.2. The van der Waals surface area contributed by atoms with E-state index in [1.54, 1.807) is 6.08 Å². The lowest BCUT2D eigenvalue weighted by Crippen LogP contribution is -2.42.